The van der Waals surface area contributed by atoms with Crippen molar-refractivity contribution < 1.29 is 0 Å². The van der Waals surface area contributed by atoms with Gasteiger partial charge in [-0.15, -0.1) is 10.2 Å². The molecule has 0 aliphatic heterocycles. The minimum absolute atomic E-state index is 0.106. The molecule has 0 saturated carbocycles. The van der Waals surface area contributed by atoms with Gasteiger partial charge < -0.3 is 0 Å². The van der Waals surface area contributed by atoms with E-state index in [-0.39, 0.29) is 5.41 Å². The molecule has 25 heavy (non-hydrogen) atoms. The molecular weight excluding hydrogens is 308 g/mol. The van der Waals surface area contributed by atoms with Gasteiger partial charge in [0, 0.05) is 11.6 Å². The molecule has 0 aliphatic carbocycles. The lowest BCUT2D eigenvalue weighted by Crippen LogP contribution is -2.11. The Morgan fingerprint density at radius 1 is 0.880 bits per heavy atom. The van der Waals surface area contributed by atoms with Crippen molar-refractivity contribution >= 4 is 17.2 Å². The summed E-state index contributed by atoms with van der Waals surface area (Å²) < 4.78 is 2.02. The molecule has 3 rings (SSSR count). The standard InChI is InChI=1S/C21H26N4/c1-13-8-9-25-17(12-13)22-19(21(5,6)7)20(25)24-23-18-15(3)10-14(2)11-16(18)4/h8-12H,1-7H3. The molecule has 1 aromatic carbocycles. The van der Waals surface area contributed by atoms with Crippen molar-refractivity contribution in [3.05, 3.63) is 58.4 Å². The van der Waals surface area contributed by atoms with E-state index in [1.165, 1.54) is 11.1 Å². The Hall–Kier alpha value is -2.49. The Kier molecular flexibility index (Phi) is 4.23. The highest BCUT2D eigenvalue weighted by Gasteiger charge is 2.24. The molecule has 0 bridgehead atoms. The zero-order chi connectivity index (χ0) is 18.4. The lowest BCUT2D eigenvalue weighted by molar-refractivity contribution is 0.574. The van der Waals surface area contributed by atoms with E-state index in [0.717, 1.165) is 34.0 Å². The molecule has 4 nitrogen and oxygen atoms in total. The number of pyridine rings is 1. The van der Waals surface area contributed by atoms with E-state index in [4.69, 9.17) is 4.98 Å². The quantitative estimate of drug-likeness (QED) is 0.508. The Bertz CT molecular complexity index is 948. The van der Waals surface area contributed by atoms with Crippen molar-refractivity contribution in [3.63, 3.8) is 0 Å². The minimum atomic E-state index is -0.106. The monoisotopic (exact) mass is 334 g/mol. The SMILES string of the molecule is Cc1cc(C)c(N=Nc2c(C(C)(C)C)nc3cc(C)ccn23)c(C)c1. The van der Waals surface area contributed by atoms with Gasteiger partial charge in [0.25, 0.3) is 0 Å². The van der Waals surface area contributed by atoms with Crippen molar-refractivity contribution in [1.82, 2.24) is 9.38 Å². The van der Waals surface area contributed by atoms with Gasteiger partial charge in [-0.2, -0.15) is 0 Å². The van der Waals surface area contributed by atoms with E-state index in [9.17, 15) is 0 Å². The van der Waals surface area contributed by atoms with Crippen LogP contribution in [0.3, 0.4) is 0 Å². The van der Waals surface area contributed by atoms with Crippen molar-refractivity contribution in [2.24, 2.45) is 10.2 Å². The van der Waals surface area contributed by atoms with Crippen LogP contribution in [0, 0.1) is 27.7 Å². The Morgan fingerprint density at radius 2 is 1.52 bits per heavy atom. The molecule has 130 valence electrons. The summed E-state index contributed by atoms with van der Waals surface area (Å²) in [5, 5.41) is 9.24. The molecule has 0 unspecified atom stereocenters. The number of nitrogens with zero attached hydrogens (tertiary/aromatic N) is 4. The summed E-state index contributed by atoms with van der Waals surface area (Å²) in [6.07, 6.45) is 2.02. The second-order valence-corrected chi connectivity index (χ2v) is 7.91. The molecule has 0 atom stereocenters. The average molecular weight is 334 g/mol. The fourth-order valence-electron chi connectivity index (χ4n) is 3.16. The molecular formula is C21H26N4. The summed E-state index contributed by atoms with van der Waals surface area (Å²) in [6.45, 7) is 14.8. The van der Waals surface area contributed by atoms with E-state index < -0.39 is 0 Å². The van der Waals surface area contributed by atoms with Gasteiger partial charge in [0.2, 0.25) is 0 Å². The second-order valence-electron chi connectivity index (χ2n) is 7.91. The van der Waals surface area contributed by atoms with Gasteiger partial charge >= 0.3 is 0 Å². The van der Waals surface area contributed by atoms with Gasteiger partial charge in [0.1, 0.15) is 5.65 Å². The summed E-state index contributed by atoms with van der Waals surface area (Å²) in [6, 6.07) is 8.44. The Labute approximate surface area is 149 Å². The predicted molar refractivity (Wildman–Crippen MR) is 103 cm³/mol. The maximum atomic E-state index is 4.83. The molecule has 3 aromatic rings. The van der Waals surface area contributed by atoms with Crippen LogP contribution in [0.4, 0.5) is 11.5 Å². The van der Waals surface area contributed by atoms with E-state index in [1.807, 2.05) is 10.6 Å². The number of rotatable bonds is 2. The third kappa shape index (κ3) is 3.34. The van der Waals surface area contributed by atoms with Crippen molar-refractivity contribution in [1.29, 1.82) is 0 Å². The summed E-state index contributed by atoms with van der Waals surface area (Å²) in [7, 11) is 0. The molecule has 0 fully saturated rings. The molecule has 0 aliphatic rings. The molecule has 0 saturated heterocycles. The van der Waals surface area contributed by atoms with E-state index >= 15 is 0 Å². The largest absolute Gasteiger partial charge is 0.283 e. The maximum Gasteiger partial charge on any atom is 0.183 e. The molecule has 4 heteroatoms. The fraction of sp³-hybridized carbons (Fsp3) is 0.381. The molecule has 0 radical (unpaired) electrons. The van der Waals surface area contributed by atoms with E-state index in [2.05, 4.69) is 83.0 Å². The number of aryl methyl sites for hydroxylation is 4. The number of imidazole rings is 1. The number of hydrogen-bond acceptors (Lipinski definition) is 3. The number of azo groups is 1. The highest BCUT2D eigenvalue weighted by Crippen LogP contribution is 2.34. The Balaban J connectivity index is 2.18. The van der Waals surface area contributed by atoms with Gasteiger partial charge in [0.15, 0.2) is 5.82 Å². The van der Waals surface area contributed by atoms with Gasteiger partial charge in [-0.1, -0.05) is 38.5 Å². The first-order valence-electron chi connectivity index (χ1n) is 8.65. The molecule has 0 amide bonds. The third-order valence-electron chi connectivity index (χ3n) is 4.35. The van der Waals surface area contributed by atoms with E-state index in [1.54, 1.807) is 0 Å². The van der Waals surface area contributed by atoms with Crippen molar-refractivity contribution in [2.45, 2.75) is 53.9 Å². The first kappa shape index (κ1) is 17.3. The Morgan fingerprint density at radius 3 is 2.12 bits per heavy atom. The lowest BCUT2D eigenvalue weighted by atomic mass is 9.92. The van der Waals surface area contributed by atoms with Crippen LogP contribution in [0.2, 0.25) is 0 Å². The highest BCUT2D eigenvalue weighted by molar-refractivity contribution is 5.57. The van der Waals surface area contributed by atoms with Crippen LogP contribution < -0.4 is 0 Å². The van der Waals surface area contributed by atoms with Gasteiger partial charge in [-0.05, 0) is 56.5 Å². The van der Waals surface area contributed by atoms with Crippen LogP contribution in [-0.4, -0.2) is 9.38 Å². The van der Waals surface area contributed by atoms with Crippen molar-refractivity contribution in [2.75, 3.05) is 0 Å². The smallest absolute Gasteiger partial charge is 0.183 e. The molecule has 2 aromatic heterocycles. The van der Waals surface area contributed by atoms with E-state index in [0.29, 0.717) is 0 Å². The predicted octanol–water partition coefficient (Wildman–Crippen LogP) is 6.28. The zero-order valence-electron chi connectivity index (χ0n) is 16.2. The average Bonchev–Trinajstić information content (AvgIpc) is 2.84. The topological polar surface area (TPSA) is 42.0 Å². The van der Waals surface area contributed by atoms with Crippen LogP contribution in [0.15, 0.2) is 40.7 Å². The minimum Gasteiger partial charge on any atom is -0.283 e. The summed E-state index contributed by atoms with van der Waals surface area (Å²) in [4.78, 5) is 4.83. The van der Waals surface area contributed by atoms with Gasteiger partial charge in [-0.25, -0.2) is 4.98 Å². The number of fused-ring (bicyclic) bond motifs is 1. The first-order chi connectivity index (χ1) is 11.7. The number of benzene rings is 1. The number of hydrogen-bond donors (Lipinski definition) is 0. The van der Waals surface area contributed by atoms with Crippen molar-refractivity contribution in [3.8, 4) is 0 Å². The molecule has 0 spiro atoms. The first-order valence-corrected chi connectivity index (χ1v) is 8.65. The molecule has 2 heterocycles. The van der Waals surface area contributed by atoms with Crippen LogP contribution in [-0.2, 0) is 5.41 Å². The number of aromatic nitrogens is 2. The second kappa shape index (κ2) is 6.10. The van der Waals surface area contributed by atoms with Crippen LogP contribution in [0.1, 0.15) is 48.7 Å². The van der Waals surface area contributed by atoms with Crippen LogP contribution in [0.5, 0.6) is 0 Å². The van der Waals surface area contributed by atoms with Crippen LogP contribution >= 0.6 is 0 Å². The lowest BCUT2D eigenvalue weighted by Gasteiger charge is -2.15. The normalized spacial score (nSPS) is 12.4. The summed E-state index contributed by atoms with van der Waals surface area (Å²) >= 11 is 0. The van der Waals surface area contributed by atoms with Gasteiger partial charge in [-0.3, -0.25) is 4.40 Å². The van der Waals surface area contributed by atoms with Crippen LogP contribution in [0.25, 0.3) is 5.65 Å². The third-order valence-corrected chi connectivity index (χ3v) is 4.35. The molecule has 0 N–H and O–H groups in total. The summed E-state index contributed by atoms with van der Waals surface area (Å²) in [5.74, 6) is 0.807. The van der Waals surface area contributed by atoms with Gasteiger partial charge in [0.05, 0.1) is 11.4 Å². The highest BCUT2D eigenvalue weighted by atomic mass is 15.2. The maximum absolute atomic E-state index is 4.83. The fourth-order valence-corrected chi connectivity index (χ4v) is 3.16. The zero-order valence-corrected chi connectivity index (χ0v) is 16.2. The summed E-state index contributed by atoms with van der Waals surface area (Å²) in [5.41, 5.74) is 7.42.